The van der Waals surface area contributed by atoms with E-state index in [1.54, 1.807) is 6.07 Å². The fourth-order valence-electron chi connectivity index (χ4n) is 2.31. The number of nitrogens with zero attached hydrogens (tertiary/aromatic N) is 2. The van der Waals surface area contributed by atoms with E-state index in [0.717, 1.165) is 4.90 Å². The molecule has 2 rings (SSSR count). The lowest BCUT2D eigenvalue weighted by molar-refractivity contribution is -0.163. The first-order chi connectivity index (χ1) is 11.7. The highest BCUT2D eigenvalue weighted by Crippen LogP contribution is 2.27. The number of amides is 2. The summed E-state index contributed by atoms with van der Waals surface area (Å²) in [5.41, 5.74) is 0. The molecule has 0 aliphatic carbocycles. The number of hydrogen-bond acceptors (Lipinski definition) is 3. The SMILES string of the molecule is O=C(COc1ccc(Cl)cc1Cl)N1CCN(C(=O)CC(F)(F)F)CC1. The van der Waals surface area contributed by atoms with Gasteiger partial charge in [0.2, 0.25) is 5.91 Å². The van der Waals surface area contributed by atoms with Gasteiger partial charge in [-0.1, -0.05) is 23.2 Å². The van der Waals surface area contributed by atoms with E-state index < -0.39 is 18.5 Å². The minimum absolute atomic E-state index is 0.0579. The number of carbonyl (C=O) groups is 2. The molecule has 0 unspecified atom stereocenters. The molecule has 25 heavy (non-hydrogen) atoms. The molecule has 1 aromatic carbocycles. The summed E-state index contributed by atoms with van der Waals surface area (Å²) in [7, 11) is 0. The second-order valence-corrected chi connectivity index (χ2v) is 6.26. The first kappa shape index (κ1) is 19.7. The second-order valence-electron chi connectivity index (χ2n) is 5.42. The van der Waals surface area contributed by atoms with Gasteiger partial charge in [-0.3, -0.25) is 9.59 Å². The summed E-state index contributed by atoms with van der Waals surface area (Å²) in [6, 6.07) is 4.58. The van der Waals surface area contributed by atoms with Crippen molar-refractivity contribution in [2.24, 2.45) is 0 Å². The lowest BCUT2D eigenvalue weighted by atomic mass is 10.2. The molecular weight excluding hydrogens is 384 g/mol. The molecule has 0 saturated carbocycles. The Morgan fingerprint density at radius 3 is 2.12 bits per heavy atom. The van der Waals surface area contributed by atoms with E-state index in [9.17, 15) is 22.8 Å². The average Bonchev–Trinajstić information content (AvgIpc) is 2.52. The van der Waals surface area contributed by atoms with Crippen LogP contribution in [0.25, 0.3) is 0 Å². The zero-order chi connectivity index (χ0) is 18.6. The Bertz CT molecular complexity index is 647. The van der Waals surface area contributed by atoms with Crippen LogP contribution in [-0.2, 0) is 9.59 Å². The van der Waals surface area contributed by atoms with E-state index in [2.05, 4.69) is 0 Å². The topological polar surface area (TPSA) is 49.9 Å². The fourth-order valence-corrected chi connectivity index (χ4v) is 2.77. The molecule has 0 atom stereocenters. The second kappa shape index (κ2) is 8.14. The van der Waals surface area contributed by atoms with Crippen molar-refractivity contribution in [1.82, 2.24) is 9.80 Å². The summed E-state index contributed by atoms with van der Waals surface area (Å²) in [4.78, 5) is 26.2. The van der Waals surface area contributed by atoms with E-state index in [4.69, 9.17) is 27.9 Å². The number of benzene rings is 1. The molecule has 0 radical (unpaired) electrons. The molecule has 1 fully saturated rings. The van der Waals surface area contributed by atoms with Crippen LogP contribution in [0.1, 0.15) is 6.42 Å². The quantitative estimate of drug-likeness (QED) is 0.783. The number of hydrogen-bond donors (Lipinski definition) is 0. The van der Waals surface area contributed by atoms with Crippen molar-refractivity contribution in [2.45, 2.75) is 12.6 Å². The van der Waals surface area contributed by atoms with Crippen molar-refractivity contribution in [1.29, 1.82) is 0 Å². The van der Waals surface area contributed by atoms with Gasteiger partial charge in [0.05, 0.1) is 5.02 Å². The Balaban J connectivity index is 1.80. The van der Waals surface area contributed by atoms with Crippen LogP contribution < -0.4 is 4.74 Å². The largest absolute Gasteiger partial charge is 0.482 e. The Hall–Kier alpha value is -1.67. The van der Waals surface area contributed by atoms with Crippen molar-refractivity contribution in [3.63, 3.8) is 0 Å². The molecule has 1 heterocycles. The molecule has 2 amide bonds. The molecule has 10 heteroatoms. The van der Waals surface area contributed by atoms with Gasteiger partial charge in [-0.05, 0) is 18.2 Å². The standard InChI is InChI=1S/C15H15Cl2F3N2O3/c16-10-1-2-12(11(17)7-10)25-9-14(24)22-5-3-21(4-6-22)13(23)8-15(18,19)20/h1-2,7H,3-6,8-9H2. The van der Waals surface area contributed by atoms with E-state index in [1.807, 2.05) is 0 Å². The van der Waals surface area contributed by atoms with E-state index >= 15 is 0 Å². The summed E-state index contributed by atoms with van der Waals surface area (Å²) < 4.78 is 42.0. The van der Waals surface area contributed by atoms with Crippen molar-refractivity contribution in [3.05, 3.63) is 28.2 Å². The minimum atomic E-state index is -4.53. The van der Waals surface area contributed by atoms with E-state index in [1.165, 1.54) is 17.0 Å². The predicted octanol–water partition coefficient (Wildman–Crippen LogP) is 3.00. The van der Waals surface area contributed by atoms with Crippen molar-refractivity contribution >= 4 is 35.0 Å². The zero-order valence-electron chi connectivity index (χ0n) is 13.0. The Kier molecular flexibility index (Phi) is 6.40. The number of rotatable bonds is 4. The molecule has 138 valence electrons. The van der Waals surface area contributed by atoms with Gasteiger partial charge in [0.25, 0.3) is 5.91 Å². The fraction of sp³-hybridized carbons (Fsp3) is 0.467. The zero-order valence-corrected chi connectivity index (χ0v) is 14.5. The van der Waals surface area contributed by atoms with Gasteiger partial charge in [0.1, 0.15) is 12.2 Å². The number of alkyl halides is 3. The molecule has 0 spiro atoms. The number of halogens is 5. The first-order valence-corrected chi connectivity index (χ1v) is 8.11. The summed E-state index contributed by atoms with van der Waals surface area (Å²) in [5.74, 6) is -1.02. The van der Waals surface area contributed by atoms with Crippen molar-refractivity contribution in [3.8, 4) is 5.75 Å². The van der Waals surface area contributed by atoms with Gasteiger partial charge in [-0.2, -0.15) is 13.2 Å². The van der Waals surface area contributed by atoms with Gasteiger partial charge in [-0.25, -0.2) is 0 Å². The highest BCUT2D eigenvalue weighted by Gasteiger charge is 2.34. The van der Waals surface area contributed by atoms with Crippen LogP contribution in [-0.4, -0.2) is 60.6 Å². The van der Waals surface area contributed by atoms with Crippen LogP contribution in [0.3, 0.4) is 0 Å². The van der Waals surface area contributed by atoms with E-state index in [0.29, 0.717) is 10.8 Å². The lowest BCUT2D eigenvalue weighted by Gasteiger charge is -2.34. The minimum Gasteiger partial charge on any atom is -0.482 e. The first-order valence-electron chi connectivity index (χ1n) is 7.36. The third kappa shape index (κ3) is 5.97. The van der Waals surface area contributed by atoms with Crippen molar-refractivity contribution < 1.29 is 27.5 Å². The van der Waals surface area contributed by atoms with Gasteiger partial charge >= 0.3 is 6.18 Å². The van der Waals surface area contributed by atoms with Crippen LogP contribution in [0.2, 0.25) is 10.0 Å². The maximum absolute atomic E-state index is 12.2. The third-order valence-electron chi connectivity index (χ3n) is 3.58. The number of ether oxygens (including phenoxy) is 1. The molecule has 0 N–H and O–H groups in total. The van der Waals surface area contributed by atoms with Crippen LogP contribution in [0.4, 0.5) is 13.2 Å². The summed E-state index contributed by atoms with van der Waals surface area (Å²) in [5, 5.41) is 0.700. The number of piperazine rings is 1. The van der Waals surface area contributed by atoms with Gasteiger partial charge in [-0.15, -0.1) is 0 Å². The van der Waals surface area contributed by atoms with Gasteiger partial charge in [0, 0.05) is 31.2 Å². The monoisotopic (exact) mass is 398 g/mol. The highest BCUT2D eigenvalue weighted by molar-refractivity contribution is 6.35. The molecule has 1 aliphatic heterocycles. The Morgan fingerprint density at radius 2 is 1.60 bits per heavy atom. The highest BCUT2D eigenvalue weighted by atomic mass is 35.5. The smallest absolute Gasteiger partial charge is 0.397 e. The van der Waals surface area contributed by atoms with Gasteiger partial charge in [0.15, 0.2) is 6.61 Å². The molecule has 1 aromatic rings. The van der Waals surface area contributed by atoms with E-state index in [-0.39, 0.29) is 43.7 Å². The van der Waals surface area contributed by atoms with Crippen LogP contribution in [0.15, 0.2) is 18.2 Å². The van der Waals surface area contributed by atoms with Crippen molar-refractivity contribution in [2.75, 3.05) is 32.8 Å². The van der Waals surface area contributed by atoms with Crippen LogP contribution in [0.5, 0.6) is 5.75 Å². The lowest BCUT2D eigenvalue weighted by Crippen LogP contribution is -2.52. The van der Waals surface area contributed by atoms with Crippen LogP contribution in [0, 0.1) is 0 Å². The summed E-state index contributed by atoms with van der Waals surface area (Å²) in [6.45, 7) is 0.156. The maximum atomic E-state index is 12.2. The molecule has 1 saturated heterocycles. The molecule has 1 aliphatic rings. The third-order valence-corrected chi connectivity index (χ3v) is 4.11. The molecule has 0 aromatic heterocycles. The Labute approximate surface area is 152 Å². The maximum Gasteiger partial charge on any atom is 0.397 e. The summed E-state index contributed by atoms with van der Waals surface area (Å²) >= 11 is 11.7. The molecular formula is C15H15Cl2F3N2O3. The van der Waals surface area contributed by atoms with Gasteiger partial charge < -0.3 is 14.5 Å². The Morgan fingerprint density at radius 1 is 1.04 bits per heavy atom. The summed E-state index contributed by atoms with van der Waals surface area (Å²) in [6.07, 6.45) is -6.02. The molecule has 5 nitrogen and oxygen atoms in total. The predicted molar refractivity (Wildman–Crippen MR) is 85.8 cm³/mol. The normalized spacial score (nSPS) is 15.2. The molecule has 0 bridgehead atoms. The number of carbonyl (C=O) groups excluding carboxylic acids is 2. The average molecular weight is 399 g/mol. The van der Waals surface area contributed by atoms with Crippen LogP contribution >= 0.6 is 23.2 Å².